The molecule has 1 heterocycles. The SMILES string of the molecule is Oc1cccc(-c2ccc(Cl)cn2)c1. The minimum Gasteiger partial charge on any atom is -0.508 e. The third-order valence-electron chi connectivity index (χ3n) is 1.87. The molecule has 1 aromatic heterocycles. The van der Waals surface area contributed by atoms with Gasteiger partial charge in [-0.15, -0.1) is 0 Å². The minimum atomic E-state index is 0.235. The molecule has 0 amide bonds. The third-order valence-corrected chi connectivity index (χ3v) is 2.09. The summed E-state index contributed by atoms with van der Waals surface area (Å²) >= 11 is 5.72. The smallest absolute Gasteiger partial charge is 0.116 e. The van der Waals surface area contributed by atoms with Crippen LogP contribution in [0.5, 0.6) is 5.75 Å². The number of rotatable bonds is 1. The standard InChI is InChI=1S/C11H8ClNO/c12-9-4-5-11(13-7-9)8-2-1-3-10(14)6-8/h1-7,14H. The van der Waals surface area contributed by atoms with Gasteiger partial charge in [-0.1, -0.05) is 23.7 Å². The van der Waals surface area contributed by atoms with E-state index in [1.165, 1.54) is 0 Å². The summed E-state index contributed by atoms with van der Waals surface area (Å²) in [6, 6.07) is 10.5. The van der Waals surface area contributed by atoms with E-state index in [1.54, 1.807) is 30.5 Å². The zero-order chi connectivity index (χ0) is 9.97. The van der Waals surface area contributed by atoms with Crippen LogP contribution >= 0.6 is 11.6 Å². The lowest BCUT2D eigenvalue weighted by atomic mass is 10.1. The number of aromatic nitrogens is 1. The van der Waals surface area contributed by atoms with Crippen molar-refractivity contribution < 1.29 is 5.11 Å². The fourth-order valence-electron chi connectivity index (χ4n) is 1.21. The van der Waals surface area contributed by atoms with Crippen LogP contribution in [0, 0.1) is 0 Å². The molecule has 14 heavy (non-hydrogen) atoms. The molecule has 0 aliphatic carbocycles. The lowest BCUT2D eigenvalue weighted by Gasteiger charge is -2.00. The van der Waals surface area contributed by atoms with Crippen LogP contribution in [0.4, 0.5) is 0 Å². The summed E-state index contributed by atoms with van der Waals surface area (Å²) in [7, 11) is 0. The first-order chi connectivity index (χ1) is 6.75. The zero-order valence-corrected chi connectivity index (χ0v) is 8.07. The van der Waals surface area contributed by atoms with Crippen LogP contribution in [-0.4, -0.2) is 10.1 Å². The first-order valence-electron chi connectivity index (χ1n) is 4.17. The molecular weight excluding hydrogens is 198 g/mol. The number of hydrogen-bond donors (Lipinski definition) is 1. The van der Waals surface area contributed by atoms with Crippen LogP contribution in [0.3, 0.4) is 0 Å². The topological polar surface area (TPSA) is 33.1 Å². The molecule has 0 saturated carbocycles. The average Bonchev–Trinajstić information content (AvgIpc) is 2.19. The molecule has 0 saturated heterocycles. The van der Waals surface area contributed by atoms with Crippen molar-refractivity contribution >= 4 is 11.6 Å². The van der Waals surface area contributed by atoms with Gasteiger partial charge in [0.2, 0.25) is 0 Å². The number of pyridine rings is 1. The first kappa shape index (κ1) is 9.03. The fraction of sp³-hybridized carbons (Fsp3) is 0. The van der Waals surface area contributed by atoms with Crippen molar-refractivity contribution in [3.05, 3.63) is 47.6 Å². The minimum absolute atomic E-state index is 0.235. The predicted octanol–water partition coefficient (Wildman–Crippen LogP) is 3.11. The molecule has 0 aliphatic heterocycles. The second kappa shape index (κ2) is 3.68. The molecule has 0 fully saturated rings. The molecule has 70 valence electrons. The van der Waals surface area contributed by atoms with Crippen molar-refractivity contribution in [2.75, 3.05) is 0 Å². The zero-order valence-electron chi connectivity index (χ0n) is 7.31. The van der Waals surface area contributed by atoms with Crippen molar-refractivity contribution in [1.82, 2.24) is 4.98 Å². The molecule has 0 aliphatic rings. The van der Waals surface area contributed by atoms with Crippen LogP contribution in [0.1, 0.15) is 0 Å². The summed E-state index contributed by atoms with van der Waals surface area (Å²) in [4.78, 5) is 4.15. The van der Waals surface area contributed by atoms with Gasteiger partial charge in [0.25, 0.3) is 0 Å². The molecule has 0 spiro atoms. The Labute approximate surface area is 86.8 Å². The highest BCUT2D eigenvalue weighted by Gasteiger charge is 1.99. The quantitative estimate of drug-likeness (QED) is 0.776. The van der Waals surface area contributed by atoms with Gasteiger partial charge in [0.05, 0.1) is 10.7 Å². The Balaban J connectivity index is 2.44. The Kier molecular flexibility index (Phi) is 2.37. The second-order valence-electron chi connectivity index (χ2n) is 2.91. The van der Waals surface area contributed by atoms with Gasteiger partial charge in [-0.2, -0.15) is 0 Å². The highest BCUT2D eigenvalue weighted by atomic mass is 35.5. The Morgan fingerprint density at radius 2 is 2.00 bits per heavy atom. The first-order valence-corrected chi connectivity index (χ1v) is 4.54. The van der Waals surface area contributed by atoms with E-state index in [0.717, 1.165) is 11.3 Å². The van der Waals surface area contributed by atoms with Crippen LogP contribution in [0.15, 0.2) is 42.6 Å². The van der Waals surface area contributed by atoms with Crippen molar-refractivity contribution in [2.24, 2.45) is 0 Å². The molecule has 2 aromatic rings. The van der Waals surface area contributed by atoms with Crippen molar-refractivity contribution in [1.29, 1.82) is 0 Å². The summed E-state index contributed by atoms with van der Waals surface area (Å²) in [5, 5.41) is 9.88. The molecular formula is C11H8ClNO. The lowest BCUT2D eigenvalue weighted by molar-refractivity contribution is 0.475. The third kappa shape index (κ3) is 1.86. The van der Waals surface area contributed by atoms with Crippen LogP contribution in [0.25, 0.3) is 11.3 Å². The van der Waals surface area contributed by atoms with Gasteiger partial charge in [-0.3, -0.25) is 4.98 Å². The molecule has 1 N–H and O–H groups in total. The summed E-state index contributed by atoms with van der Waals surface area (Å²) in [5.41, 5.74) is 1.67. The number of phenols is 1. The van der Waals surface area contributed by atoms with E-state index in [9.17, 15) is 5.11 Å². The normalized spacial score (nSPS) is 10.1. The number of halogens is 1. The van der Waals surface area contributed by atoms with Gasteiger partial charge in [-0.05, 0) is 24.3 Å². The van der Waals surface area contributed by atoms with E-state index < -0.39 is 0 Å². The maximum atomic E-state index is 9.28. The van der Waals surface area contributed by atoms with E-state index in [0.29, 0.717) is 5.02 Å². The Hall–Kier alpha value is -1.54. The van der Waals surface area contributed by atoms with Crippen molar-refractivity contribution in [2.45, 2.75) is 0 Å². The molecule has 0 bridgehead atoms. The van der Waals surface area contributed by atoms with Gasteiger partial charge in [-0.25, -0.2) is 0 Å². The molecule has 2 nitrogen and oxygen atoms in total. The van der Waals surface area contributed by atoms with E-state index in [2.05, 4.69) is 4.98 Å². The second-order valence-corrected chi connectivity index (χ2v) is 3.35. The highest BCUT2D eigenvalue weighted by molar-refractivity contribution is 6.30. The van der Waals surface area contributed by atoms with Gasteiger partial charge in [0.15, 0.2) is 0 Å². The molecule has 0 radical (unpaired) electrons. The molecule has 0 unspecified atom stereocenters. The molecule has 1 aromatic carbocycles. The molecule has 0 atom stereocenters. The van der Waals surface area contributed by atoms with Crippen LogP contribution in [0.2, 0.25) is 5.02 Å². The Morgan fingerprint density at radius 3 is 2.64 bits per heavy atom. The van der Waals surface area contributed by atoms with E-state index in [-0.39, 0.29) is 5.75 Å². The van der Waals surface area contributed by atoms with Gasteiger partial charge in [0.1, 0.15) is 5.75 Å². The van der Waals surface area contributed by atoms with Crippen LogP contribution in [-0.2, 0) is 0 Å². The van der Waals surface area contributed by atoms with E-state index in [4.69, 9.17) is 11.6 Å². The summed E-state index contributed by atoms with van der Waals surface area (Å²) in [6.07, 6.45) is 1.58. The highest BCUT2D eigenvalue weighted by Crippen LogP contribution is 2.21. The van der Waals surface area contributed by atoms with Crippen molar-refractivity contribution in [3.63, 3.8) is 0 Å². The monoisotopic (exact) mass is 205 g/mol. The van der Waals surface area contributed by atoms with Gasteiger partial charge >= 0.3 is 0 Å². The van der Waals surface area contributed by atoms with Gasteiger partial charge in [0, 0.05) is 11.8 Å². The number of benzene rings is 1. The van der Waals surface area contributed by atoms with Crippen LogP contribution < -0.4 is 0 Å². The molecule has 3 heteroatoms. The largest absolute Gasteiger partial charge is 0.508 e. The van der Waals surface area contributed by atoms with E-state index in [1.807, 2.05) is 12.1 Å². The number of nitrogens with zero attached hydrogens (tertiary/aromatic N) is 1. The van der Waals surface area contributed by atoms with Crippen molar-refractivity contribution in [3.8, 4) is 17.0 Å². The number of hydrogen-bond acceptors (Lipinski definition) is 2. The number of aromatic hydroxyl groups is 1. The lowest BCUT2D eigenvalue weighted by Crippen LogP contribution is -1.81. The molecule has 2 rings (SSSR count). The predicted molar refractivity (Wildman–Crippen MR) is 56.3 cm³/mol. The average molecular weight is 206 g/mol. The Bertz CT molecular complexity index is 439. The fourth-order valence-corrected chi connectivity index (χ4v) is 1.32. The maximum Gasteiger partial charge on any atom is 0.116 e. The van der Waals surface area contributed by atoms with E-state index >= 15 is 0 Å². The summed E-state index contributed by atoms with van der Waals surface area (Å²) < 4.78 is 0. The summed E-state index contributed by atoms with van der Waals surface area (Å²) in [5.74, 6) is 0.235. The maximum absolute atomic E-state index is 9.28. The number of phenolic OH excluding ortho intramolecular Hbond substituents is 1. The Morgan fingerprint density at radius 1 is 1.14 bits per heavy atom. The summed E-state index contributed by atoms with van der Waals surface area (Å²) in [6.45, 7) is 0. The van der Waals surface area contributed by atoms with Gasteiger partial charge < -0.3 is 5.11 Å².